The molecule has 0 atom stereocenters. The number of hydrogen-bond donors (Lipinski definition) is 2. The number of aryl methyl sites for hydroxylation is 3. The minimum Gasteiger partial charge on any atom is -0.494 e. The Morgan fingerprint density at radius 1 is 1.00 bits per heavy atom. The summed E-state index contributed by atoms with van der Waals surface area (Å²) in [5, 5.41) is 12.8. The molecule has 2 aromatic heterocycles. The number of hydrogen-bond acceptors (Lipinski definition) is 8. The number of ether oxygens (including phenoxy) is 2. The lowest BCUT2D eigenvalue weighted by atomic mass is 9.88. The van der Waals surface area contributed by atoms with Crippen molar-refractivity contribution >= 4 is 58.0 Å². The number of anilines is 5. The van der Waals surface area contributed by atoms with Crippen molar-refractivity contribution in [3.8, 4) is 16.9 Å². The summed E-state index contributed by atoms with van der Waals surface area (Å²) in [6.07, 6.45) is 7.98. The summed E-state index contributed by atoms with van der Waals surface area (Å²) in [5.41, 5.74) is 7.95. The summed E-state index contributed by atoms with van der Waals surface area (Å²) < 4.78 is 14.1. The van der Waals surface area contributed by atoms with E-state index in [1.165, 1.54) is 22.9 Å². The van der Waals surface area contributed by atoms with E-state index in [1.54, 1.807) is 13.3 Å². The molecule has 1 aliphatic heterocycles. The molecule has 0 bridgehead atoms. The first-order valence-corrected chi connectivity index (χ1v) is 16.4. The number of rotatable bonds is 8. The van der Waals surface area contributed by atoms with Gasteiger partial charge in [0.05, 0.1) is 36.7 Å². The number of methoxy groups -OCH3 is 1. The zero-order chi connectivity index (χ0) is 27.8. The van der Waals surface area contributed by atoms with Crippen LogP contribution < -0.4 is 25.6 Å². The van der Waals surface area contributed by atoms with Gasteiger partial charge in [-0.1, -0.05) is 7.92 Å². The van der Waals surface area contributed by atoms with E-state index in [0.717, 1.165) is 52.2 Å². The molecular formula is C29H33BrN7O2P. The average molecular weight is 623 g/mol. The fourth-order valence-electron chi connectivity index (χ4n) is 5.16. The second kappa shape index (κ2) is 11.4. The Hall–Kier alpha value is -3.20. The molecule has 11 heteroatoms. The Labute approximate surface area is 244 Å². The second-order valence-electron chi connectivity index (χ2n) is 10.2. The Balaban J connectivity index is 1.35. The zero-order valence-corrected chi connectivity index (χ0v) is 25.6. The van der Waals surface area contributed by atoms with Gasteiger partial charge < -0.3 is 25.0 Å². The smallest absolute Gasteiger partial charge is 0.229 e. The summed E-state index contributed by atoms with van der Waals surface area (Å²) in [6, 6.07) is 8.82. The van der Waals surface area contributed by atoms with Gasteiger partial charge in [0.25, 0.3) is 0 Å². The highest BCUT2D eigenvalue weighted by Gasteiger charge is 2.22. The van der Waals surface area contributed by atoms with Gasteiger partial charge in [-0.3, -0.25) is 4.68 Å². The molecular weight excluding hydrogens is 589 g/mol. The number of fused-ring (bicyclic) bond motifs is 1. The van der Waals surface area contributed by atoms with Crippen LogP contribution in [0, 0.1) is 0 Å². The third kappa shape index (κ3) is 5.40. The summed E-state index contributed by atoms with van der Waals surface area (Å²) in [4.78, 5) is 11.8. The molecule has 208 valence electrons. The molecule has 2 N–H and O–H groups in total. The lowest BCUT2D eigenvalue weighted by Crippen LogP contribution is -2.36. The van der Waals surface area contributed by atoms with Crippen molar-refractivity contribution < 1.29 is 9.47 Å². The number of nitrogens with one attached hydrogen (secondary N) is 2. The van der Waals surface area contributed by atoms with E-state index < -0.39 is 0 Å². The molecule has 3 heterocycles. The van der Waals surface area contributed by atoms with E-state index in [-0.39, 0.29) is 7.92 Å². The molecule has 0 radical (unpaired) electrons. The van der Waals surface area contributed by atoms with E-state index in [2.05, 4.69) is 79.1 Å². The third-order valence-electron chi connectivity index (χ3n) is 7.39. The Morgan fingerprint density at radius 3 is 2.45 bits per heavy atom. The number of nitrogens with zero attached hydrogens (tertiary/aromatic N) is 5. The molecule has 1 fully saturated rings. The van der Waals surface area contributed by atoms with Crippen LogP contribution in [0.15, 0.2) is 47.3 Å². The minimum absolute atomic E-state index is 0.276. The van der Waals surface area contributed by atoms with Gasteiger partial charge in [0.2, 0.25) is 5.95 Å². The number of benzene rings is 2. The molecule has 1 saturated heterocycles. The topological polar surface area (TPSA) is 89.4 Å². The van der Waals surface area contributed by atoms with Crippen LogP contribution >= 0.6 is 23.9 Å². The predicted molar refractivity (Wildman–Crippen MR) is 167 cm³/mol. The molecule has 6 rings (SSSR count). The van der Waals surface area contributed by atoms with E-state index >= 15 is 0 Å². The maximum absolute atomic E-state index is 5.85. The van der Waals surface area contributed by atoms with Gasteiger partial charge in [-0.15, -0.1) is 0 Å². The van der Waals surface area contributed by atoms with Gasteiger partial charge in [-0.05, 0) is 76.7 Å². The maximum atomic E-state index is 5.85. The molecule has 2 aromatic carbocycles. The standard InChI is InChI=1S/C29H33BrN7O2P/c1-36-17-20(15-32-36)21-13-23(26(38-2)14-25(21)37-7-9-39-10-8-37)34-29-31-16-22(30)28(35-29)33-24-11-18-5-6-19(18)12-27(24)40(3)4/h11-17H,5-10H2,1-4H3,(H2,31,33,34,35). The maximum Gasteiger partial charge on any atom is 0.229 e. The molecule has 9 nitrogen and oxygen atoms in total. The van der Waals surface area contributed by atoms with Crippen LogP contribution in [0.3, 0.4) is 0 Å². The second-order valence-corrected chi connectivity index (χ2v) is 13.4. The number of morpholine rings is 1. The van der Waals surface area contributed by atoms with Gasteiger partial charge in [-0.25, -0.2) is 4.98 Å². The normalized spacial score (nSPS) is 14.6. The van der Waals surface area contributed by atoms with Crippen molar-refractivity contribution in [2.75, 3.05) is 62.3 Å². The number of halogens is 1. The molecule has 0 saturated carbocycles. The Morgan fingerprint density at radius 2 is 1.77 bits per heavy atom. The SMILES string of the molecule is COc1cc(N2CCOCC2)c(-c2cnn(C)c2)cc1Nc1ncc(Br)c(Nc2cc3c(cc2P(C)C)CC3)n1. The summed E-state index contributed by atoms with van der Waals surface area (Å²) >= 11 is 3.65. The van der Waals surface area contributed by atoms with Gasteiger partial charge in [0.15, 0.2) is 0 Å². The first kappa shape index (κ1) is 27.0. The van der Waals surface area contributed by atoms with Crippen molar-refractivity contribution in [3.05, 3.63) is 58.5 Å². The summed E-state index contributed by atoms with van der Waals surface area (Å²) in [6.45, 7) is 7.60. The molecule has 4 aromatic rings. The van der Waals surface area contributed by atoms with Gasteiger partial charge in [-0.2, -0.15) is 10.1 Å². The first-order valence-electron chi connectivity index (χ1n) is 13.3. The lowest BCUT2D eigenvalue weighted by Gasteiger charge is -2.31. The minimum atomic E-state index is -0.276. The van der Waals surface area contributed by atoms with E-state index in [0.29, 0.717) is 30.7 Å². The van der Waals surface area contributed by atoms with Crippen molar-refractivity contribution in [1.29, 1.82) is 0 Å². The van der Waals surface area contributed by atoms with E-state index in [9.17, 15) is 0 Å². The van der Waals surface area contributed by atoms with Crippen LogP contribution in [-0.4, -0.2) is 66.5 Å². The third-order valence-corrected chi connectivity index (χ3v) is 9.31. The Bertz CT molecular complexity index is 1550. The molecule has 0 unspecified atom stereocenters. The van der Waals surface area contributed by atoms with Crippen molar-refractivity contribution in [2.24, 2.45) is 7.05 Å². The highest BCUT2D eigenvalue weighted by Crippen LogP contribution is 2.41. The summed E-state index contributed by atoms with van der Waals surface area (Å²) in [7, 11) is 3.33. The van der Waals surface area contributed by atoms with Gasteiger partial charge in [0.1, 0.15) is 11.6 Å². The van der Waals surface area contributed by atoms with Gasteiger partial charge in [0, 0.05) is 61.1 Å². The highest BCUT2D eigenvalue weighted by molar-refractivity contribution is 9.10. The first-order chi connectivity index (χ1) is 19.4. The van der Waals surface area contributed by atoms with Crippen LogP contribution in [0.2, 0.25) is 0 Å². The van der Waals surface area contributed by atoms with Crippen LogP contribution in [-0.2, 0) is 24.6 Å². The lowest BCUT2D eigenvalue weighted by molar-refractivity contribution is 0.122. The van der Waals surface area contributed by atoms with Crippen molar-refractivity contribution in [3.63, 3.8) is 0 Å². The van der Waals surface area contributed by atoms with Crippen LogP contribution in [0.1, 0.15) is 11.1 Å². The van der Waals surface area contributed by atoms with E-state index in [4.69, 9.17) is 14.5 Å². The molecule has 0 amide bonds. The largest absolute Gasteiger partial charge is 0.494 e. The van der Waals surface area contributed by atoms with Gasteiger partial charge >= 0.3 is 0 Å². The molecule has 40 heavy (non-hydrogen) atoms. The van der Waals surface area contributed by atoms with E-state index in [1.807, 2.05) is 24.1 Å². The summed E-state index contributed by atoms with van der Waals surface area (Å²) in [5.74, 6) is 1.90. The fraction of sp³-hybridized carbons (Fsp3) is 0.345. The monoisotopic (exact) mass is 621 g/mol. The van der Waals surface area contributed by atoms with Crippen LogP contribution in [0.5, 0.6) is 5.75 Å². The van der Waals surface area contributed by atoms with Crippen LogP contribution in [0.4, 0.5) is 28.8 Å². The fourth-order valence-corrected chi connectivity index (χ4v) is 6.47. The van der Waals surface area contributed by atoms with Crippen LogP contribution in [0.25, 0.3) is 11.1 Å². The highest BCUT2D eigenvalue weighted by atomic mass is 79.9. The van der Waals surface area contributed by atoms with Crippen molar-refractivity contribution in [1.82, 2.24) is 19.7 Å². The Kier molecular flexibility index (Phi) is 7.66. The number of aromatic nitrogens is 4. The zero-order valence-electron chi connectivity index (χ0n) is 23.2. The molecule has 2 aliphatic rings. The molecule has 0 spiro atoms. The average Bonchev–Trinajstić information content (AvgIpc) is 3.38. The molecule has 1 aliphatic carbocycles. The quantitative estimate of drug-likeness (QED) is 0.252. The van der Waals surface area contributed by atoms with Crippen molar-refractivity contribution in [2.45, 2.75) is 12.8 Å². The predicted octanol–water partition coefficient (Wildman–Crippen LogP) is 5.44.